The summed E-state index contributed by atoms with van der Waals surface area (Å²) in [6.07, 6.45) is 6.68. The maximum absolute atomic E-state index is 12.7. The van der Waals surface area contributed by atoms with Crippen molar-refractivity contribution in [3.63, 3.8) is 0 Å². The van der Waals surface area contributed by atoms with Crippen molar-refractivity contribution in [1.29, 1.82) is 0 Å². The summed E-state index contributed by atoms with van der Waals surface area (Å²) < 4.78 is 1.85. The molecule has 2 aromatic heterocycles. The van der Waals surface area contributed by atoms with Crippen LogP contribution in [0.2, 0.25) is 0 Å². The van der Waals surface area contributed by atoms with Gasteiger partial charge in [0.05, 0.1) is 18.3 Å². The van der Waals surface area contributed by atoms with Gasteiger partial charge >= 0.3 is 0 Å². The molecule has 2 atom stereocenters. The highest BCUT2D eigenvalue weighted by atomic mass is 32.1. The smallest absolute Gasteiger partial charge is 0.243 e. The number of hydrogen-bond acceptors (Lipinski definition) is 6. The van der Waals surface area contributed by atoms with E-state index in [1.807, 2.05) is 25.5 Å². The molecule has 24 heavy (non-hydrogen) atoms. The zero-order valence-corrected chi connectivity index (χ0v) is 15.2. The number of nitrogens with one attached hydrogen (secondary N) is 1. The third kappa shape index (κ3) is 3.81. The summed E-state index contributed by atoms with van der Waals surface area (Å²) in [6, 6.07) is 0.115. The summed E-state index contributed by atoms with van der Waals surface area (Å²) >= 11 is 1.53. The average Bonchev–Trinajstić information content (AvgIpc) is 3.17. The number of carbonyl (C=O) groups is 1. The van der Waals surface area contributed by atoms with Crippen LogP contribution in [0.15, 0.2) is 12.7 Å². The van der Waals surface area contributed by atoms with Gasteiger partial charge in [-0.05, 0) is 40.2 Å². The summed E-state index contributed by atoms with van der Waals surface area (Å²) in [6.45, 7) is 7.66. The molecule has 2 aromatic rings. The van der Waals surface area contributed by atoms with Crippen molar-refractivity contribution in [3.8, 4) is 0 Å². The van der Waals surface area contributed by atoms with Gasteiger partial charge in [0.25, 0.3) is 0 Å². The molecule has 1 fully saturated rings. The normalized spacial score (nSPS) is 20.0. The first-order valence-corrected chi connectivity index (χ1v) is 9.19. The van der Waals surface area contributed by atoms with Crippen LogP contribution in [0.3, 0.4) is 0 Å². The summed E-state index contributed by atoms with van der Waals surface area (Å²) in [7, 11) is 0. The molecular weight excluding hydrogens is 324 g/mol. The Balaban J connectivity index is 1.66. The lowest BCUT2D eigenvalue weighted by Crippen LogP contribution is -2.51. The fraction of sp³-hybridized carbons (Fsp3) is 0.625. The summed E-state index contributed by atoms with van der Waals surface area (Å²) in [5.41, 5.74) is 0.977. The average molecular weight is 348 g/mol. The molecule has 3 rings (SSSR count). The van der Waals surface area contributed by atoms with Gasteiger partial charge in [0.15, 0.2) is 5.13 Å². The molecule has 8 heteroatoms. The molecular formula is C16H24N6OS. The molecule has 7 nitrogen and oxygen atoms in total. The molecule has 1 saturated heterocycles. The van der Waals surface area contributed by atoms with E-state index in [0.717, 1.165) is 36.5 Å². The molecule has 0 aromatic carbocycles. The Bertz CT molecular complexity index is 663. The topological polar surface area (TPSA) is 75.9 Å². The van der Waals surface area contributed by atoms with E-state index < -0.39 is 0 Å². The van der Waals surface area contributed by atoms with Crippen molar-refractivity contribution in [2.45, 2.75) is 58.7 Å². The molecule has 0 bridgehead atoms. The number of piperidine rings is 1. The number of likely N-dealkylation sites (tertiary alicyclic amines) is 1. The van der Waals surface area contributed by atoms with Gasteiger partial charge in [-0.3, -0.25) is 14.4 Å². The predicted molar refractivity (Wildman–Crippen MR) is 94.0 cm³/mol. The number of rotatable bonds is 5. The summed E-state index contributed by atoms with van der Waals surface area (Å²) in [5, 5.41) is 7.86. The minimum absolute atomic E-state index is 0.00856. The fourth-order valence-electron chi connectivity index (χ4n) is 3.16. The maximum Gasteiger partial charge on any atom is 0.243 e. The summed E-state index contributed by atoms with van der Waals surface area (Å²) in [5.74, 6) is 0.00856. The molecule has 130 valence electrons. The number of aromatic nitrogens is 4. The molecule has 0 saturated carbocycles. The van der Waals surface area contributed by atoms with E-state index >= 15 is 0 Å². The number of carbonyl (C=O) groups excluding carboxylic acids is 1. The number of amides is 1. The van der Waals surface area contributed by atoms with Gasteiger partial charge in [0, 0.05) is 10.9 Å². The van der Waals surface area contributed by atoms with E-state index in [1.54, 1.807) is 12.7 Å². The van der Waals surface area contributed by atoms with Crippen LogP contribution in [-0.4, -0.2) is 49.2 Å². The number of nitrogens with zero attached hydrogens (tertiary/aromatic N) is 5. The van der Waals surface area contributed by atoms with E-state index in [4.69, 9.17) is 0 Å². The minimum Gasteiger partial charge on any atom is -0.301 e. The number of thiazole rings is 1. The van der Waals surface area contributed by atoms with Gasteiger partial charge in [-0.25, -0.2) is 9.97 Å². The van der Waals surface area contributed by atoms with Crippen LogP contribution in [0.5, 0.6) is 0 Å². The van der Waals surface area contributed by atoms with Crippen molar-refractivity contribution in [2.24, 2.45) is 0 Å². The highest BCUT2D eigenvalue weighted by Crippen LogP contribution is 2.24. The number of hydrogen-bond donors (Lipinski definition) is 1. The van der Waals surface area contributed by atoms with Crippen LogP contribution >= 0.6 is 11.3 Å². The Morgan fingerprint density at radius 1 is 1.46 bits per heavy atom. The van der Waals surface area contributed by atoms with E-state index in [2.05, 4.69) is 25.3 Å². The molecule has 1 aliphatic heterocycles. The van der Waals surface area contributed by atoms with Crippen molar-refractivity contribution in [1.82, 2.24) is 24.6 Å². The standard InChI is InChI=1S/C16H24N6OS/c1-11-13(3)24-16(19-11)20-15(23)12(2)22-7-5-4-6-14(22)8-21-10-17-9-18-21/h9-10,12,14H,4-8H2,1-3H3,(H,19,20,23)/t12-,14+/m1/s1. The minimum atomic E-state index is -0.191. The van der Waals surface area contributed by atoms with Crippen LogP contribution in [0.4, 0.5) is 5.13 Å². The first-order valence-electron chi connectivity index (χ1n) is 8.37. The Hall–Kier alpha value is -1.80. The lowest BCUT2D eigenvalue weighted by Gasteiger charge is -2.38. The molecule has 0 unspecified atom stereocenters. The monoisotopic (exact) mass is 348 g/mol. The van der Waals surface area contributed by atoms with E-state index in [1.165, 1.54) is 17.8 Å². The van der Waals surface area contributed by atoms with Gasteiger partial charge < -0.3 is 5.32 Å². The molecule has 3 heterocycles. The molecule has 1 amide bonds. The fourth-order valence-corrected chi connectivity index (χ4v) is 3.98. The van der Waals surface area contributed by atoms with Crippen molar-refractivity contribution < 1.29 is 4.79 Å². The Kier molecular flexibility index (Phi) is 5.25. The van der Waals surface area contributed by atoms with E-state index in [9.17, 15) is 4.79 Å². The van der Waals surface area contributed by atoms with Gasteiger partial charge in [-0.2, -0.15) is 5.10 Å². The zero-order chi connectivity index (χ0) is 17.1. The number of aryl methyl sites for hydroxylation is 2. The lowest BCUT2D eigenvalue weighted by molar-refractivity contribution is -0.122. The van der Waals surface area contributed by atoms with Gasteiger partial charge in [0.1, 0.15) is 12.7 Å². The first-order chi connectivity index (χ1) is 11.5. The van der Waals surface area contributed by atoms with E-state index in [-0.39, 0.29) is 11.9 Å². The van der Waals surface area contributed by atoms with Gasteiger partial charge in [-0.1, -0.05) is 6.42 Å². The van der Waals surface area contributed by atoms with Crippen LogP contribution in [-0.2, 0) is 11.3 Å². The van der Waals surface area contributed by atoms with Gasteiger partial charge in [-0.15, -0.1) is 11.3 Å². The van der Waals surface area contributed by atoms with Crippen LogP contribution in [0, 0.1) is 13.8 Å². The second kappa shape index (κ2) is 7.40. The van der Waals surface area contributed by atoms with Crippen LogP contribution in [0.25, 0.3) is 0 Å². The quantitative estimate of drug-likeness (QED) is 0.897. The van der Waals surface area contributed by atoms with Crippen LogP contribution in [0.1, 0.15) is 36.8 Å². The second-order valence-corrected chi connectivity index (χ2v) is 7.53. The number of anilines is 1. The highest BCUT2D eigenvalue weighted by Gasteiger charge is 2.31. The Labute approximate surface area is 146 Å². The SMILES string of the molecule is Cc1nc(NC(=O)[C@@H](C)N2CCCC[C@H]2Cn2cncn2)sc1C. The predicted octanol–water partition coefficient (Wildman–Crippen LogP) is 2.23. The lowest BCUT2D eigenvalue weighted by atomic mass is 10.00. The summed E-state index contributed by atoms with van der Waals surface area (Å²) in [4.78, 5) is 24.5. The largest absolute Gasteiger partial charge is 0.301 e. The zero-order valence-electron chi connectivity index (χ0n) is 14.4. The van der Waals surface area contributed by atoms with Crippen LogP contribution < -0.4 is 5.32 Å². The molecule has 0 spiro atoms. The molecule has 1 aliphatic rings. The Morgan fingerprint density at radius 3 is 2.96 bits per heavy atom. The van der Waals surface area contributed by atoms with Gasteiger partial charge in [0.2, 0.25) is 5.91 Å². The van der Waals surface area contributed by atoms with E-state index in [0.29, 0.717) is 11.2 Å². The first kappa shape index (κ1) is 17.0. The third-order valence-electron chi connectivity index (χ3n) is 4.67. The third-order valence-corrected chi connectivity index (χ3v) is 5.66. The highest BCUT2D eigenvalue weighted by molar-refractivity contribution is 7.15. The molecule has 0 aliphatic carbocycles. The maximum atomic E-state index is 12.7. The van der Waals surface area contributed by atoms with Crippen molar-refractivity contribution >= 4 is 22.4 Å². The van der Waals surface area contributed by atoms with Crippen molar-refractivity contribution in [3.05, 3.63) is 23.2 Å². The molecule has 0 radical (unpaired) electrons. The Morgan fingerprint density at radius 2 is 2.29 bits per heavy atom. The second-order valence-electron chi connectivity index (χ2n) is 6.33. The molecule has 1 N–H and O–H groups in total. The van der Waals surface area contributed by atoms with Crippen molar-refractivity contribution in [2.75, 3.05) is 11.9 Å².